The largest absolute Gasteiger partial charge is 0.331 e. The lowest BCUT2D eigenvalue weighted by Crippen LogP contribution is -2.33. The van der Waals surface area contributed by atoms with Crippen LogP contribution in [0.4, 0.5) is 0 Å². The molecule has 20 heavy (non-hydrogen) atoms. The third kappa shape index (κ3) is 2.88. The first-order valence-corrected chi connectivity index (χ1v) is 7.35. The molecular weight excluding hydrogens is 318 g/mol. The molecule has 5 heteroatoms. The van der Waals surface area contributed by atoms with Crippen molar-refractivity contribution in [2.24, 2.45) is 0 Å². The monoisotopic (exact) mass is 331 g/mol. The fourth-order valence-corrected chi connectivity index (χ4v) is 2.56. The molecule has 4 nitrogen and oxygen atoms in total. The van der Waals surface area contributed by atoms with E-state index >= 15 is 0 Å². The van der Waals surface area contributed by atoms with E-state index in [2.05, 4.69) is 25.9 Å². The van der Waals surface area contributed by atoms with Crippen LogP contribution in [0.2, 0.25) is 0 Å². The minimum absolute atomic E-state index is 0.0244. The van der Waals surface area contributed by atoms with Gasteiger partial charge in [0.05, 0.1) is 5.56 Å². The van der Waals surface area contributed by atoms with Crippen LogP contribution in [-0.2, 0) is 6.54 Å². The molecule has 1 saturated carbocycles. The van der Waals surface area contributed by atoms with Crippen LogP contribution in [0.5, 0.6) is 0 Å². The van der Waals surface area contributed by atoms with Crippen molar-refractivity contribution in [2.75, 3.05) is 0 Å². The van der Waals surface area contributed by atoms with Gasteiger partial charge in [0.25, 0.3) is 5.91 Å². The lowest BCUT2D eigenvalue weighted by atomic mass is 10.2. The molecule has 0 aliphatic heterocycles. The minimum atomic E-state index is 0.0244. The normalized spacial score (nSPS) is 14.1. The molecule has 1 aliphatic rings. The van der Waals surface area contributed by atoms with E-state index in [-0.39, 0.29) is 5.91 Å². The van der Waals surface area contributed by atoms with Crippen molar-refractivity contribution in [2.45, 2.75) is 25.4 Å². The molecule has 0 atom stereocenters. The first-order chi connectivity index (χ1) is 9.75. The topological polar surface area (TPSA) is 46.1 Å². The standard InChI is InChI=1S/C15H14BrN3O/c16-14-13(4-2-8-18-14)15(20)19(12-5-6-12)10-11-3-1-7-17-9-11/h1-4,7-9,12H,5-6,10H2. The minimum Gasteiger partial charge on any atom is -0.331 e. The molecule has 2 aromatic rings. The Hall–Kier alpha value is -1.75. The fourth-order valence-electron chi connectivity index (χ4n) is 2.14. The highest BCUT2D eigenvalue weighted by Crippen LogP contribution is 2.30. The number of amides is 1. The van der Waals surface area contributed by atoms with Gasteiger partial charge in [-0.15, -0.1) is 0 Å². The van der Waals surface area contributed by atoms with Crippen LogP contribution < -0.4 is 0 Å². The number of hydrogen-bond donors (Lipinski definition) is 0. The quantitative estimate of drug-likeness (QED) is 0.809. The van der Waals surface area contributed by atoms with Crippen LogP contribution in [-0.4, -0.2) is 26.8 Å². The zero-order valence-electron chi connectivity index (χ0n) is 10.9. The van der Waals surface area contributed by atoms with Crippen molar-refractivity contribution in [3.8, 4) is 0 Å². The molecule has 0 radical (unpaired) electrons. The molecular formula is C15H14BrN3O. The van der Waals surface area contributed by atoms with E-state index in [9.17, 15) is 4.79 Å². The average Bonchev–Trinajstić information content (AvgIpc) is 3.30. The molecule has 0 spiro atoms. The molecule has 102 valence electrons. The van der Waals surface area contributed by atoms with Crippen LogP contribution in [0.1, 0.15) is 28.8 Å². The summed E-state index contributed by atoms with van der Waals surface area (Å²) in [4.78, 5) is 22.8. The summed E-state index contributed by atoms with van der Waals surface area (Å²) < 4.78 is 0.599. The predicted molar refractivity (Wildman–Crippen MR) is 79.1 cm³/mol. The highest BCUT2D eigenvalue weighted by atomic mass is 79.9. The maximum atomic E-state index is 12.7. The average molecular weight is 332 g/mol. The van der Waals surface area contributed by atoms with Crippen LogP contribution in [0.25, 0.3) is 0 Å². The Bertz CT molecular complexity index is 614. The first kappa shape index (κ1) is 13.2. The summed E-state index contributed by atoms with van der Waals surface area (Å²) in [5.41, 5.74) is 1.66. The van der Waals surface area contributed by atoms with Gasteiger partial charge in [0.2, 0.25) is 0 Å². The second-order valence-corrected chi connectivity index (χ2v) is 5.62. The highest BCUT2D eigenvalue weighted by Gasteiger charge is 2.33. The Morgan fingerprint density at radius 1 is 1.30 bits per heavy atom. The van der Waals surface area contributed by atoms with Crippen LogP contribution >= 0.6 is 15.9 Å². The molecule has 3 rings (SSSR count). The van der Waals surface area contributed by atoms with Gasteiger partial charge < -0.3 is 4.90 Å². The van der Waals surface area contributed by atoms with Crippen molar-refractivity contribution in [3.63, 3.8) is 0 Å². The molecule has 1 amide bonds. The number of hydrogen-bond acceptors (Lipinski definition) is 3. The lowest BCUT2D eigenvalue weighted by molar-refractivity contribution is 0.0728. The number of pyridine rings is 2. The summed E-state index contributed by atoms with van der Waals surface area (Å²) in [5, 5.41) is 0. The summed E-state index contributed by atoms with van der Waals surface area (Å²) in [5.74, 6) is 0.0244. The Morgan fingerprint density at radius 2 is 2.10 bits per heavy atom. The molecule has 2 aromatic heterocycles. The second kappa shape index (κ2) is 5.71. The van der Waals surface area contributed by atoms with E-state index in [0.717, 1.165) is 18.4 Å². The molecule has 2 heterocycles. The Balaban J connectivity index is 1.84. The van der Waals surface area contributed by atoms with Crippen molar-refractivity contribution in [1.29, 1.82) is 0 Å². The van der Waals surface area contributed by atoms with Gasteiger partial charge in [-0.1, -0.05) is 6.07 Å². The van der Waals surface area contributed by atoms with E-state index < -0.39 is 0 Å². The van der Waals surface area contributed by atoms with Crippen LogP contribution in [0, 0.1) is 0 Å². The molecule has 0 N–H and O–H groups in total. The van der Waals surface area contributed by atoms with Crippen molar-refractivity contribution >= 4 is 21.8 Å². The second-order valence-electron chi connectivity index (χ2n) is 4.87. The van der Waals surface area contributed by atoms with Gasteiger partial charge in [-0.3, -0.25) is 9.78 Å². The molecule has 0 aromatic carbocycles. The van der Waals surface area contributed by atoms with Crippen molar-refractivity contribution in [3.05, 3.63) is 58.6 Å². The van der Waals surface area contributed by atoms with E-state index in [1.807, 2.05) is 17.0 Å². The van der Waals surface area contributed by atoms with E-state index in [0.29, 0.717) is 22.8 Å². The number of aromatic nitrogens is 2. The van der Waals surface area contributed by atoms with E-state index in [4.69, 9.17) is 0 Å². The number of carbonyl (C=O) groups is 1. The van der Waals surface area contributed by atoms with Crippen LogP contribution in [0.3, 0.4) is 0 Å². The Morgan fingerprint density at radius 3 is 2.75 bits per heavy atom. The number of halogens is 1. The first-order valence-electron chi connectivity index (χ1n) is 6.56. The van der Waals surface area contributed by atoms with Gasteiger partial charge in [-0.25, -0.2) is 4.98 Å². The molecule has 1 fully saturated rings. The zero-order chi connectivity index (χ0) is 13.9. The maximum Gasteiger partial charge on any atom is 0.257 e. The SMILES string of the molecule is O=C(c1cccnc1Br)N(Cc1cccnc1)C1CC1. The number of rotatable bonds is 4. The van der Waals surface area contributed by atoms with Gasteiger partial charge in [0, 0.05) is 31.2 Å². The summed E-state index contributed by atoms with van der Waals surface area (Å²) in [6.45, 7) is 0.596. The highest BCUT2D eigenvalue weighted by molar-refractivity contribution is 9.10. The summed E-state index contributed by atoms with van der Waals surface area (Å²) in [7, 11) is 0. The Labute approximate surface area is 126 Å². The maximum absolute atomic E-state index is 12.7. The van der Waals surface area contributed by atoms with E-state index in [1.165, 1.54) is 0 Å². The zero-order valence-corrected chi connectivity index (χ0v) is 12.5. The number of carbonyl (C=O) groups excluding carboxylic acids is 1. The molecule has 0 bridgehead atoms. The van der Waals surface area contributed by atoms with Gasteiger partial charge in [0.15, 0.2) is 0 Å². The molecule has 0 unspecified atom stereocenters. The third-order valence-electron chi connectivity index (χ3n) is 3.31. The van der Waals surface area contributed by atoms with Crippen molar-refractivity contribution < 1.29 is 4.79 Å². The van der Waals surface area contributed by atoms with Gasteiger partial charge in [0.1, 0.15) is 4.60 Å². The number of nitrogens with zero attached hydrogens (tertiary/aromatic N) is 3. The lowest BCUT2D eigenvalue weighted by Gasteiger charge is -2.22. The summed E-state index contributed by atoms with van der Waals surface area (Å²) in [6, 6.07) is 7.82. The third-order valence-corrected chi connectivity index (χ3v) is 3.95. The van der Waals surface area contributed by atoms with Crippen LogP contribution in [0.15, 0.2) is 47.5 Å². The van der Waals surface area contributed by atoms with Gasteiger partial charge in [-0.05, 0) is 52.5 Å². The van der Waals surface area contributed by atoms with Gasteiger partial charge in [-0.2, -0.15) is 0 Å². The molecule has 1 aliphatic carbocycles. The molecule has 0 saturated heterocycles. The fraction of sp³-hybridized carbons (Fsp3) is 0.267. The van der Waals surface area contributed by atoms with Crippen molar-refractivity contribution in [1.82, 2.24) is 14.9 Å². The van der Waals surface area contributed by atoms with E-state index in [1.54, 1.807) is 30.7 Å². The van der Waals surface area contributed by atoms with Gasteiger partial charge >= 0.3 is 0 Å². The smallest absolute Gasteiger partial charge is 0.257 e. The summed E-state index contributed by atoms with van der Waals surface area (Å²) >= 11 is 3.35. The predicted octanol–water partition coefficient (Wildman–Crippen LogP) is 3.04. The summed E-state index contributed by atoms with van der Waals surface area (Å²) in [6.07, 6.45) is 7.36. The Kier molecular flexibility index (Phi) is 3.78.